The third-order valence-electron chi connectivity index (χ3n) is 7.58. The number of para-hydroxylation sites is 1. The van der Waals surface area contributed by atoms with Crippen LogP contribution in [0, 0.1) is 0 Å². The van der Waals surface area contributed by atoms with E-state index in [1.54, 1.807) is 18.5 Å². The maximum absolute atomic E-state index is 14.1. The second-order valence-electron chi connectivity index (χ2n) is 10.9. The lowest BCUT2D eigenvalue weighted by atomic mass is 9.71. The molecule has 1 aliphatic carbocycles. The first-order valence-corrected chi connectivity index (χ1v) is 13.2. The summed E-state index contributed by atoms with van der Waals surface area (Å²) in [5.74, 6) is 0.807. The van der Waals surface area contributed by atoms with E-state index in [2.05, 4.69) is 61.2 Å². The Kier molecular flexibility index (Phi) is 8.02. The van der Waals surface area contributed by atoms with Gasteiger partial charge in [0.2, 0.25) is 0 Å². The highest BCUT2D eigenvalue weighted by Crippen LogP contribution is 2.40. The molecular weight excluding hydrogens is 448 g/mol. The quantitative estimate of drug-likeness (QED) is 0.311. The van der Waals surface area contributed by atoms with Crippen molar-refractivity contribution in [2.24, 2.45) is 0 Å². The SMILES string of the molecule is CC(C)c1cccc(C(C)C)c1NC(=O)N(Cc1ccc(O)cc1)CC1(c2cnc[nH]2)CCCCC1. The molecule has 0 aliphatic heterocycles. The van der Waals surface area contributed by atoms with Gasteiger partial charge in [0.15, 0.2) is 0 Å². The second kappa shape index (κ2) is 11.2. The molecule has 1 saturated carbocycles. The molecule has 0 spiro atoms. The summed E-state index contributed by atoms with van der Waals surface area (Å²) in [4.78, 5) is 23.7. The van der Waals surface area contributed by atoms with Crippen LogP contribution in [-0.2, 0) is 12.0 Å². The summed E-state index contributed by atoms with van der Waals surface area (Å²) in [5, 5.41) is 13.1. The Morgan fingerprint density at radius 3 is 2.22 bits per heavy atom. The monoisotopic (exact) mass is 488 g/mol. The molecular formula is C30H40N4O2. The first-order chi connectivity index (χ1) is 17.3. The van der Waals surface area contributed by atoms with Crippen LogP contribution in [0.25, 0.3) is 0 Å². The second-order valence-corrected chi connectivity index (χ2v) is 10.9. The summed E-state index contributed by atoms with van der Waals surface area (Å²) in [6.45, 7) is 9.72. The van der Waals surface area contributed by atoms with Crippen LogP contribution >= 0.6 is 0 Å². The van der Waals surface area contributed by atoms with E-state index in [9.17, 15) is 9.90 Å². The van der Waals surface area contributed by atoms with Gasteiger partial charge in [0.05, 0.1) is 6.33 Å². The zero-order chi connectivity index (χ0) is 25.7. The smallest absolute Gasteiger partial charge is 0.322 e. The minimum atomic E-state index is -0.151. The summed E-state index contributed by atoms with van der Waals surface area (Å²) < 4.78 is 0. The molecule has 2 amide bonds. The van der Waals surface area contributed by atoms with Crippen LogP contribution in [0.3, 0.4) is 0 Å². The number of benzene rings is 2. The number of carbonyl (C=O) groups is 1. The molecule has 1 heterocycles. The predicted molar refractivity (Wildman–Crippen MR) is 146 cm³/mol. The molecule has 1 aromatic heterocycles. The normalized spacial score (nSPS) is 15.3. The molecule has 1 fully saturated rings. The Hall–Kier alpha value is -3.28. The van der Waals surface area contributed by atoms with E-state index in [4.69, 9.17) is 0 Å². The van der Waals surface area contributed by atoms with Gasteiger partial charge in [0, 0.05) is 36.1 Å². The van der Waals surface area contributed by atoms with Gasteiger partial charge in [-0.15, -0.1) is 0 Å². The van der Waals surface area contributed by atoms with E-state index in [1.165, 1.54) is 6.42 Å². The number of carbonyl (C=O) groups excluding carboxylic acids is 1. The fraction of sp³-hybridized carbons (Fsp3) is 0.467. The molecule has 3 N–H and O–H groups in total. The third-order valence-corrected chi connectivity index (χ3v) is 7.58. The van der Waals surface area contributed by atoms with E-state index in [1.807, 2.05) is 23.2 Å². The molecule has 1 aliphatic rings. The number of hydrogen-bond acceptors (Lipinski definition) is 3. The molecule has 192 valence electrons. The standard InChI is InChI=1S/C30H40N4O2/c1-21(2)25-9-8-10-26(22(3)4)28(25)33-29(36)34(18-23-11-13-24(35)14-12-23)19-30(15-6-5-7-16-30)27-17-31-20-32-27/h8-14,17,20-22,35H,5-7,15-16,18-19H2,1-4H3,(H,31,32)(H,33,36). The first-order valence-electron chi connectivity index (χ1n) is 13.2. The molecule has 6 heteroatoms. The number of nitrogens with one attached hydrogen (secondary N) is 2. The van der Waals surface area contributed by atoms with Gasteiger partial charge in [-0.3, -0.25) is 0 Å². The molecule has 0 bridgehead atoms. The Morgan fingerprint density at radius 2 is 1.67 bits per heavy atom. The average Bonchev–Trinajstić information content (AvgIpc) is 3.41. The maximum Gasteiger partial charge on any atom is 0.322 e. The number of rotatable bonds is 8. The van der Waals surface area contributed by atoms with Gasteiger partial charge in [0.25, 0.3) is 0 Å². The number of urea groups is 1. The van der Waals surface area contributed by atoms with Crippen LogP contribution in [0.1, 0.15) is 94.0 Å². The van der Waals surface area contributed by atoms with Crippen LogP contribution in [0.5, 0.6) is 5.75 Å². The fourth-order valence-electron chi connectivity index (χ4n) is 5.56. The Labute approximate surface area is 215 Å². The minimum Gasteiger partial charge on any atom is -0.508 e. The topological polar surface area (TPSA) is 81.2 Å². The van der Waals surface area contributed by atoms with Crippen LogP contribution in [0.4, 0.5) is 10.5 Å². The number of amides is 2. The molecule has 4 rings (SSSR count). The average molecular weight is 489 g/mol. The number of phenols is 1. The molecule has 3 aromatic rings. The van der Waals surface area contributed by atoms with Crippen molar-refractivity contribution in [3.8, 4) is 5.75 Å². The molecule has 36 heavy (non-hydrogen) atoms. The van der Waals surface area contributed by atoms with Crippen LogP contribution in [-0.4, -0.2) is 32.6 Å². The zero-order valence-corrected chi connectivity index (χ0v) is 22.1. The van der Waals surface area contributed by atoms with Gasteiger partial charge < -0.3 is 20.3 Å². The molecule has 6 nitrogen and oxygen atoms in total. The van der Waals surface area contributed by atoms with Crippen LogP contribution < -0.4 is 5.32 Å². The summed E-state index contributed by atoms with van der Waals surface area (Å²) in [7, 11) is 0. The van der Waals surface area contributed by atoms with Gasteiger partial charge in [-0.2, -0.15) is 0 Å². The maximum atomic E-state index is 14.1. The van der Waals surface area contributed by atoms with Crippen molar-refractivity contribution in [1.29, 1.82) is 0 Å². The van der Waals surface area contributed by atoms with Gasteiger partial charge in [-0.1, -0.05) is 77.3 Å². The molecule has 2 aromatic carbocycles. The van der Waals surface area contributed by atoms with E-state index >= 15 is 0 Å². The van der Waals surface area contributed by atoms with E-state index in [-0.39, 0.29) is 17.2 Å². The number of anilines is 1. The van der Waals surface area contributed by atoms with E-state index < -0.39 is 0 Å². The highest BCUT2D eigenvalue weighted by molar-refractivity contribution is 5.91. The number of aromatic nitrogens is 2. The number of nitrogens with zero attached hydrogens (tertiary/aromatic N) is 2. The fourth-order valence-corrected chi connectivity index (χ4v) is 5.56. The van der Waals surface area contributed by atoms with Gasteiger partial charge >= 0.3 is 6.03 Å². The number of H-pyrrole nitrogens is 1. The molecule has 0 atom stereocenters. The molecule has 0 radical (unpaired) electrons. The Balaban J connectivity index is 1.70. The van der Waals surface area contributed by atoms with Crippen molar-refractivity contribution < 1.29 is 9.90 Å². The largest absolute Gasteiger partial charge is 0.508 e. The van der Waals surface area contributed by atoms with Crippen LogP contribution in [0.15, 0.2) is 55.0 Å². The van der Waals surface area contributed by atoms with E-state index in [0.717, 1.165) is 53.8 Å². The highest BCUT2D eigenvalue weighted by Gasteiger charge is 2.38. The zero-order valence-electron chi connectivity index (χ0n) is 22.1. The minimum absolute atomic E-state index is 0.0949. The van der Waals surface area contributed by atoms with Gasteiger partial charge in [0.1, 0.15) is 5.75 Å². The third kappa shape index (κ3) is 5.75. The summed E-state index contributed by atoms with van der Waals surface area (Å²) in [6, 6.07) is 13.4. The molecule has 0 unspecified atom stereocenters. The van der Waals surface area contributed by atoms with E-state index in [0.29, 0.717) is 24.9 Å². The molecule has 0 saturated heterocycles. The highest BCUT2D eigenvalue weighted by atomic mass is 16.3. The van der Waals surface area contributed by atoms with Crippen LogP contribution in [0.2, 0.25) is 0 Å². The van der Waals surface area contributed by atoms with Gasteiger partial charge in [-0.25, -0.2) is 9.78 Å². The summed E-state index contributed by atoms with van der Waals surface area (Å²) >= 11 is 0. The lowest BCUT2D eigenvalue weighted by Gasteiger charge is -2.40. The Morgan fingerprint density at radius 1 is 1.03 bits per heavy atom. The summed E-state index contributed by atoms with van der Waals surface area (Å²) in [5.41, 5.74) is 5.18. The number of aromatic amines is 1. The number of hydrogen-bond donors (Lipinski definition) is 3. The van der Waals surface area contributed by atoms with Crippen molar-refractivity contribution >= 4 is 11.7 Å². The number of imidazole rings is 1. The van der Waals surface area contributed by atoms with Crippen molar-refractivity contribution in [1.82, 2.24) is 14.9 Å². The van der Waals surface area contributed by atoms with Crippen molar-refractivity contribution in [2.75, 3.05) is 11.9 Å². The lowest BCUT2D eigenvalue weighted by Crippen LogP contribution is -2.46. The van der Waals surface area contributed by atoms with Crippen molar-refractivity contribution in [3.63, 3.8) is 0 Å². The first kappa shape index (κ1) is 25.8. The van der Waals surface area contributed by atoms with Crippen molar-refractivity contribution in [3.05, 3.63) is 77.4 Å². The van der Waals surface area contributed by atoms with Gasteiger partial charge in [-0.05, 0) is 53.5 Å². The lowest BCUT2D eigenvalue weighted by molar-refractivity contribution is 0.167. The van der Waals surface area contributed by atoms with Crippen molar-refractivity contribution in [2.45, 2.75) is 83.6 Å². The number of aromatic hydroxyl groups is 1. The number of phenolic OH excluding ortho intramolecular Hbond substituents is 1. The Bertz CT molecular complexity index is 1100. The predicted octanol–water partition coefficient (Wildman–Crippen LogP) is 7.30. The summed E-state index contributed by atoms with van der Waals surface area (Å²) in [6.07, 6.45) is 9.21.